The monoisotopic (exact) mass is 602 g/mol. The molecule has 2 amide bonds. The van der Waals surface area contributed by atoms with Crippen LogP contribution in [0.2, 0.25) is 5.02 Å². The summed E-state index contributed by atoms with van der Waals surface area (Å²) in [6, 6.07) is 18.3. The van der Waals surface area contributed by atoms with Gasteiger partial charge in [-0.05, 0) is 30.2 Å². The van der Waals surface area contributed by atoms with Gasteiger partial charge in [-0.15, -0.1) is 0 Å². The number of amides is 2. The van der Waals surface area contributed by atoms with Gasteiger partial charge in [-0.1, -0.05) is 60.1 Å². The zero-order chi connectivity index (χ0) is 30.2. The van der Waals surface area contributed by atoms with E-state index < -0.39 is 39.3 Å². The lowest BCUT2D eigenvalue weighted by atomic mass is 10.0. The largest absolute Gasteiger partial charge is 0.495 e. The number of anilines is 1. The van der Waals surface area contributed by atoms with Crippen LogP contribution >= 0.6 is 11.6 Å². The van der Waals surface area contributed by atoms with Gasteiger partial charge in [0.1, 0.15) is 24.0 Å². The molecule has 0 aliphatic carbocycles. The molecule has 0 heterocycles. The van der Waals surface area contributed by atoms with E-state index >= 15 is 0 Å². The van der Waals surface area contributed by atoms with Crippen LogP contribution in [0.15, 0.2) is 72.8 Å². The van der Waals surface area contributed by atoms with Gasteiger partial charge in [0.2, 0.25) is 21.8 Å². The van der Waals surface area contributed by atoms with Crippen molar-refractivity contribution in [3.63, 3.8) is 0 Å². The van der Waals surface area contributed by atoms with Gasteiger partial charge in [0.05, 0.1) is 18.3 Å². The molecule has 3 rings (SSSR count). The highest BCUT2D eigenvalue weighted by Gasteiger charge is 2.34. The van der Waals surface area contributed by atoms with E-state index in [0.717, 1.165) is 22.2 Å². The molecular weight excluding hydrogens is 572 g/mol. The number of non-ortho nitro benzene ring substituents is 1. The van der Waals surface area contributed by atoms with E-state index in [-0.39, 0.29) is 30.1 Å². The number of nitrogens with zero attached hydrogens (tertiary/aromatic N) is 3. The summed E-state index contributed by atoms with van der Waals surface area (Å²) in [4.78, 5) is 39.5. The fraction of sp³-hybridized carbons (Fsp3) is 0.286. The average molecular weight is 603 g/mol. The summed E-state index contributed by atoms with van der Waals surface area (Å²) < 4.78 is 32.0. The first-order chi connectivity index (χ1) is 19.5. The summed E-state index contributed by atoms with van der Waals surface area (Å²) in [5.74, 6) is -1.15. The van der Waals surface area contributed by atoms with E-state index in [1.165, 1.54) is 24.1 Å². The highest BCUT2D eigenvalue weighted by atomic mass is 35.5. The fourth-order valence-corrected chi connectivity index (χ4v) is 5.28. The molecule has 0 fully saturated rings. The Bertz CT molecular complexity index is 1500. The molecule has 11 nitrogen and oxygen atoms in total. The Balaban J connectivity index is 2.12. The number of carbonyl (C=O) groups excluding carboxylic acids is 2. The Morgan fingerprint density at radius 3 is 2.32 bits per heavy atom. The van der Waals surface area contributed by atoms with Gasteiger partial charge in [-0.2, -0.15) is 0 Å². The van der Waals surface area contributed by atoms with Gasteiger partial charge in [0.15, 0.2) is 0 Å². The second kappa shape index (κ2) is 14.0. The molecule has 1 atom stereocenters. The number of hydrogen-bond acceptors (Lipinski definition) is 7. The van der Waals surface area contributed by atoms with Crippen LogP contribution in [0, 0.1) is 10.1 Å². The lowest BCUT2D eigenvalue weighted by Gasteiger charge is -2.33. The van der Waals surface area contributed by atoms with Crippen LogP contribution in [0.4, 0.5) is 11.4 Å². The van der Waals surface area contributed by atoms with E-state index in [9.17, 15) is 28.1 Å². The molecule has 218 valence electrons. The smallest absolute Gasteiger partial charge is 0.271 e. The Labute approximate surface area is 243 Å². The zero-order valence-electron chi connectivity index (χ0n) is 22.8. The van der Waals surface area contributed by atoms with E-state index in [1.807, 2.05) is 30.3 Å². The average Bonchev–Trinajstić information content (AvgIpc) is 2.94. The predicted molar refractivity (Wildman–Crippen MR) is 156 cm³/mol. The van der Waals surface area contributed by atoms with Crippen LogP contribution in [0.1, 0.15) is 18.1 Å². The van der Waals surface area contributed by atoms with E-state index in [4.69, 9.17) is 16.3 Å². The molecule has 0 aliphatic heterocycles. The number of benzene rings is 3. The van der Waals surface area contributed by atoms with Crippen molar-refractivity contribution in [2.24, 2.45) is 0 Å². The predicted octanol–water partition coefficient (Wildman–Crippen LogP) is 3.80. The highest BCUT2D eigenvalue weighted by Crippen LogP contribution is 2.34. The molecule has 13 heteroatoms. The highest BCUT2D eigenvalue weighted by molar-refractivity contribution is 7.92. The minimum Gasteiger partial charge on any atom is -0.495 e. The Kier molecular flexibility index (Phi) is 10.7. The number of sulfonamides is 1. The number of hydrogen-bond donors (Lipinski definition) is 1. The number of halogens is 1. The summed E-state index contributed by atoms with van der Waals surface area (Å²) in [5, 5.41) is 14.6. The zero-order valence-corrected chi connectivity index (χ0v) is 24.4. The quantitative estimate of drug-likeness (QED) is 0.232. The molecule has 1 N–H and O–H groups in total. The van der Waals surface area contributed by atoms with Crippen molar-refractivity contribution in [2.75, 3.05) is 30.8 Å². The standard InChI is InChI=1S/C28H31ClN4O7S/c1-4-30-28(35)25(16-20-10-6-5-7-11-20)31(18-21-12-8-9-13-23(21)29)27(34)19-32(41(3,38)39)24-17-22(33(36)37)14-15-26(24)40-2/h5-15,17,25H,4,16,18-19H2,1-3H3,(H,30,35)/t25-/m1/s1. The second-order valence-corrected chi connectivity index (χ2v) is 11.4. The lowest BCUT2D eigenvalue weighted by molar-refractivity contribution is -0.384. The Morgan fingerprint density at radius 2 is 1.73 bits per heavy atom. The van der Waals surface area contributed by atoms with Crippen molar-refractivity contribution in [2.45, 2.75) is 25.9 Å². The minimum atomic E-state index is -4.16. The van der Waals surface area contributed by atoms with Crippen LogP contribution in [-0.2, 0) is 32.6 Å². The van der Waals surface area contributed by atoms with Gasteiger partial charge in [-0.3, -0.25) is 24.0 Å². The van der Waals surface area contributed by atoms with Gasteiger partial charge >= 0.3 is 0 Å². The van der Waals surface area contributed by atoms with Crippen molar-refractivity contribution < 1.29 is 27.7 Å². The Morgan fingerprint density at radius 1 is 1.07 bits per heavy atom. The van der Waals surface area contributed by atoms with Crippen LogP contribution in [0.3, 0.4) is 0 Å². The topological polar surface area (TPSA) is 139 Å². The first kappa shape index (κ1) is 31.4. The maximum Gasteiger partial charge on any atom is 0.271 e. The number of nitro groups is 1. The fourth-order valence-electron chi connectivity index (χ4n) is 4.24. The third-order valence-electron chi connectivity index (χ3n) is 6.24. The number of carbonyl (C=O) groups is 2. The lowest BCUT2D eigenvalue weighted by Crippen LogP contribution is -2.53. The van der Waals surface area contributed by atoms with E-state index in [0.29, 0.717) is 17.1 Å². The maximum atomic E-state index is 14.1. The summed E-state index contributed by atoms with van der Waals surface area (Å²) in [6.07, 6.45) is 1.02. The first-order valence-corrected chi connectivity index (χ1v) is 14.8. The van der Waals surface area contributed by atoms with Crippen LogP contribution in [0.5, 0.6) is 5.75 Å². The molecule has 0 aliphatic rings. The van der Waals surface area contributed by atoms with Gasteiger partial charge in [0, 0.05) is 36.7 Å². The summed E-state index contributed by atoms with van der Waals surface area (Å²) in [7, 11) is -2.88. The Hall–Kier alpha value is -4.16. The maximum absolute atomic E-state index is 14.1. The molecule has 0 radical (unpaired) electrons. The van der Waals surface area contributed by atoms with Crippen molar-refractivity contribution in [3.8, 4) is 5.75 Å². The SMILES string of the molecule is CCNC(=O)[C@@H](Cc1ccccc1)N(Cc1ccccc1Cl)C(=O)CN(c1cc([N+](=O)[O-])ccc1OC)S(C)(=O)=O. The molecule has 0 saturated carbocycles. The minimum absolute atomic E-state index is 0.0102. The summed E-state index contributed by atoms with van der Waals surface area (Å²) in [6.45, 7) is 1.19. The number of nitro benzene ring substituents is 1. The summed E-state index contributed by atoms with van der Waals surface area (Å²) >= 11 is 6.41. The molecule has 0 unspecified atom stereocenters. The van der Waals surface area contributed by atoms with Crippen LogP contribution < -0.4 is 14.4 Å². The molecule has 41 heavy (non-hydrogen) atoms. The molecule has 3 aromatic rings. The van der Waals surface area contributed by atoms with Crippen molar-refractivity contribution in [1.29, 1.82) is 0 Å². The van der Waals surface area contributed by atoms with Gasteiger partial charge in [0.25, 0.3) is 5.69 Å². The first-order valence-electron chi connectivity index (χ1n) is 12.6. The van der Waals surface area contributed by atoms with Gasteiger partial charge in [-0.25, -0.2) is 8.42 Å². The van der Waals surface area contributed by atoms with Crippen LogP contribution in [-0.4, -0.2) is 62.6 Å². The normalized spacial score (nSPS) is 11.8. The van der Waals surface area contributed by atoms with Crippen molar-refractivity contribution in [1.82, 2.24) is 10.2 Å². The number of ether oxygens (including phenoxy) is 1. The second-order valence-electron chi connectivity index (χ2n) is 9.10. The van der Waals surface area contributed by atoms with Gasteiger partial charge < -0.3 is 15.0 Å². The third-order valence-corrected chi connectivity index (χ3v) is 7.74. The molecule has 3 aromatic carbocycles. The third kappa shape index (κ3) is 8.18. The number of methoxy groups -OCH3 is 1. The van der Waals surface area contributed by atoms with Crippen molar-refractivity contribution >= 4 is 44.8 Å². The summed E-state index contributed by atoms with van der Waals surface area (Å²) in [5.41, 5.74) is 0.747. The van der Waals surface area contributed by atoms with Crippen molar-refractivity contribution in [3.05, 3.63) is 99.1 Å². The number of nitrogens with one attached hydrogen (secondary N) is 1. The molecule has 0 aromatic heterocycles. The molecular formula is C28H31ClN4O7S. The molecule has 0 bridgehead atoms. The molecule has 0 spiro atoms. The number of rotatable bonds is 13. The number of likely N-dealkylation sites (N-methyl/N-ethyl adjacent to an activating group) is 1. The van der Waals surface area contributed by atoms with Crippen LogP contribution in [0.25, 0.3) is 0 Å². The van der Waals surface area contributed by atoms with E-state index in [1.54, 1.807) is 31.2 Å². The van der Waals surface area contributed by atoms with E-state index in [2.05, 4.69) is 5.32 Å². The molecule has 0 saturated heterocycles.